The minimum absolute atomic E-state index is 0.0334. The third-order valence-corrected chi connectivity index (χ3v) is 5.12. The van der Waals surface area contributed by atoms with Crippen molar-refractivity contribution in [2.75, 3.05) is 6.54 Å². The maximum atomic E-state index is 12.1. The summed E-state index contributed by atoms with van der Waals surface area (Å²) in [6, 6.07) is 10.6. The molecule has 0 spiro atoms. The highest BCUT2D eigenvalue weighted by Gasteiger charge is 2.36. The summed E-state index contributed by atoms with van der Waals surface area (Å²) in [6.07, 6.45) is 6.13. The molecule has 0 radical (unpaired) electrons. The van der Waals surface area contributed by atoms with Crippen molar-refractivity contribution in [1.29, 1.82) is 0 Å². The van der Waals surface area contributed by atoms with Gasteiger partial charge in [-0.05, 0) is 18.4 Å². The Morgan fingerprint density at radius 3 is 2.56 bits per heavy atom. The van der Waals surface area contributed by atoms with E-state index in [1.54, 1.807) is 0 Å². The zero-order chi connectivity index (χ0) is 12.4. The van der Waals surface area contributed by atoms with Gasteiger partial charge < -0.3 is 0 Å². The van der Waals surface area contributed by atoms with E-state index in [9.17, 15) is 4.21 Å². The summed E-state index contributed by atoms with van der Waals surface area (Å²) >= 11 is -1.26. The first-order valence-corrected chi connectivity index (χ1v) is 7.78. The maximum Gasteiger partial charge on any atom is 0.238 e. The fraction of sp³-hybridized carbons (Fsp3) is 0.571. The lowest BCUT2D eigenvalue weighted by Gasteiger charge is -2.27. The molecule has 0 N–H and O–H groups in total. The molecule has 0 aromatic heterocycles. The van der Waals surface area contributed by atoms with E-state index in [2.05, 4.69) is 4.31 Å². The molecule has 0 bridgehead atoms. The summed E-state index contributed by atoms with van der Waals surface area (Å²) in [7, 11) is 0. The van der Waals surface area contributed by atoms with Gasteiger partial charge in [-0.15, -0.1) is 0 Å². The molecule has 1 aromatic rings. The number of benzene rings is 1. The van der Waals surface area contributed by atoms with Crippen LogP contribution in [-0.4, -0.2) is 21.1 Å². The second kappa shape index (κ2) is 5.51. The first kappa shape index (κ1) is 12.3. The smallest absolute Gasteiger partial charge is 0.238 e. The summed E-state index contributed by atoms with van der Waals surface area (Å²) in [6.45, 7) is 0.765. The zero-order valence-electron chi connectivity index (χ0n) is 10.5. The van der Waals surface area contributed by atoms with Crippen LogP contribution in [0.1, 0.15) is 43.8 Å². The monoisotopic (exact) mass is 265 g/mol. The molecule has 0 unspecified atom stereocenters. The summed E-state index contributed by atoms with van der Waals surface area (Å²) in [5.74, 6) is 0. The van der Waals surface area contributed by atoms with Gasteiger partial charge in [-0.3, -0.25) is 4.18 Å². The second-order valence-electron chi connectivity index (χ2n) is 5.10. The molecule has 0 amide bonds. The van der Waals surface area contributed by atoms with Gasteiger partial charge in [-0.1, -0.05) is 49.6 Å². The molecule has 4 heteroatoms. The Hall–Kier alpha value is -0.710. The Labute approximate surface area is 111 Å². The van der Waals surface area contributed by atoms with E-state index >= 15 is 0 Å². The van der Waals surface area contributed by atoms with Gasteiger partial charge in [0.25, 0.3) is 0 Å². The first-order chi connectivity index (χ1) is 8.84. The summed E-state index contributed by atoms with van der Waals surface area (Å²) in [4.78, 5) is 0. The van der Waals surface area contributed by atoms with Gasteiger partial charge in [0, 0.05) is 12.6 Å². The SMILES string of the molecule is O=[S@]1O[C@H](c2ccccc2)CN1C1CCCCC1. The van der Waals surface area contributed by atoms with Crippen LogP contribution in [0, 0.1) is 0 Å². The van der Waals surface area contributed by atoms with Crippen molar-refractivity contribution in [3.8, 4) is 0 Å². The lowest BCUT2D eigenvalue weighted by molar-refractivity contribution is 0.234. The van der Waals surface area contributed by atoms with Crippen LogP contribution in [0.4, 0.5) is 0 Å². The van der Waals surface area contributed by atoms with Crippen molar-refractivity contribution >= 4 is 11.3 Å². The third-order valence-electron chi connectivity index (χ3n) is 3.89. The second-order valence-corrected chi connectivity index (χ2v) is 6.20. The molecule has 3 nitrogen and oxygen atoms in total. The molecule has 2 aliphatic rings. The Balaban J connectivity index is 1.70. The molecule has 3 rings (SSSR count). The highest BCUT2D eigenvalue weighted by molar-refractivity contribution is 7.78. The summed E-state index contributed by atoms with van der Waals surface area (Å²) in [5.41, 5.74) is 1.13. The largest absolute Gasteiger partial charge is 0.268 e. The number of nitrogens with zero attached hydrogens (tertiary/aromatic N) is 1. The van der Waals surface area contributed by atoms with E-state index in [1.165, 1.54) is 19.3 Å². The zero-order valence-corrected chi connectivity index (χ0v) is 11.3. The van der Waals surface area contributed by atoms with Crippen LogP contribution in [0.2, 0.25) is 0 Å². The predicted octanol–water partition coefficient (Wildman–Crippen LogP) is 2.97. The van der Waals surface area contributed by atoms with Crippen LogP contribution < -0.4 is 0 Å². The van der Waals surface area contributed by atoms with E-state index < -0.39 is 11.3 Å². The van der Waals surface area contributed by atoms with Crippen LogP contribution >= 0.6 is 0 Å². The molecular formula is C14H19NO2S. The lowest BCUT2D eigenvalue weighted by atomic mass is 9.95. The van der Waals surface area contributed by atoms with E-state index in [-0.39, 0.29) is 6.10 Å². The van der Waals surface area contributed by atoms with Crippen LogP contribution in [0.25, 0.3) is 0 Å². The molecule has 2 atom stereocenters. The van der Waals surface area contributed by atoms with Crippen LogP contribution in [0.3, 0.4) is 0 Å². The normalized spacial score (nSPS) is 30.7. The fourth-order valence-electron chi connectivity index (χ4n) is 2.88. The van der Waals surface area contributed by atoms with E-state index in [0.717, 1.165) is 24.9 Å². The van der Waals surface area contributed by atoms with E-state index in [0.29, 0.717) is 6.04 Å². The van der Waals surface area contributed by atoms with Gasteiger partial charge in [0.05, 0.1) is 0 Å². The van der Waals surface area contributed by atoms with Gasteiger partial charge in [0.15, 0.2) is 0 Å². The van der Waals surface area contributed by atoms with E-state index in [4.69, 9.17) is 4.18 Å². The number of hydrogen-bond acceptors (Lipinski definition) is 2. The molecule has 1 aliphatic heterocycles. The topological polar surface area (TPSA) is 29.5 Å². The van der Waals surface area contributed by atoms with Gasteiger partial charge >= 0.3 is 0 Å². The van der Waals surface area contributed by atoms with Gasteiger partial charge in [0.2, 0.25) is 11.3 Å². The van der Waals surface area contributed by atoms with Gasteiger partial charge in [-0.25, -0.2) is 4.21 Å². The van der Waals surface area contributed by atoms with Crippen molar-refractivity contribution < 1.29 is 8.39 Å². The van der Waals surface area contributed by atoms with Crippen LogP contribution in [0.15, 0.2) is 30.3 Å². The molecular weight excluding hydrogens is 246 g/mol. The third kappa shape index (κ3) is 2.51. The van der Waals surface area contributed by atoms with Gasteiger partial charge in [0.1, 0.15) is 6.10 Å². The molecule has 98 valence electrons. The van der Waals surface area contributed by atoms with Crippen molar-refractivity contribution in [3.63, 3.8) is 0 Å². The standard InChI is InChI=1S/C14H19NO2S/c16-18-15(13-9-5-2-6-10-13)11-14(17-18)12-7-3-1-4-8-12/h1,3-4,7-8,13-14H,2,5-6,9-11H2/t14-,18-/m0/s1. The van der Waals surface area contributed by atoms with Crippen LogP contribution in [-0.2, 0) is 15.4 Å². The minimum atomic E-state index is -1.26. The molecule has 1 aliphatic carbocycles. The maximum absolute atomic E-state index is 12.1. The molecule has 1 saturated heterocycles. The Kier molecular flexibility index (Phi) is 3.77. The molecule has 1 aromatic carbocycles. The fourth-order valence-corrected chi connectivity index (χ4v) is 4.07. The number of hydrogen-bond donors (Lipinski definition) is 0. The van der Waals surface area contributed by atoms with Crippen LogP contribution in [0.5, 0.6) is 0 Å². The van der Waals surface area contributed by atoms with E-state index in [1.807, 2.05) is 30.3 Å². The minimum Gasteiger partial charge on any atom is -0.268 e. The number of rotatable bonds is 2. The average Bonchev–Trinajstić information content (AvgIpc) is 2.83. The van der Waals surface area contributed by atoms with Gasteiger partial charge in [-0.2, -0.15) is 4.31 Å². The molecule has 2 fully saturated rings. The quantitative estimate of drug-likeness (QED) is 0.822. The lowest BCUT2D eigenvalue weighted by Crippen LogP contribution is -2.35. The van der Waals surface area contributed by atoms with Crippen molar-refractivity contribution in [1.82, 2.24) is 4.31 Å². The first-order valence-electron chi connectivity index (χ1n) is 6.75. The average molecular weight is 265 g/mol. The highest BCUT2D eigenvalue weighted by atomic mass is 32.2. The van der Waals surface area contributed by atoms with Crippen molar-refractivity contribution in [2.24, 2.45) is 0 Å². The molecule has 1 saturated carbocycles. The Morgan fingerprint density at radius 1 is 1.11 bits per heavy atom. The Bertz CT molecular complexity index is 417. The predicted molar refractivity (Wildman–Crippen MR) is 72.0 cm³/mol. The summed E-state index contributed by atoms with van der Waals surface area (Å²) < 4.78 is 19.7. The molecule has 1 heterocycles. The van der Waals surface area contributed by atoms with Crippen molar-refractivity contribution in [2.45, 2.75) is 44.2 Å². The van der Waals surface area contributed by atoms with Crippen molar-refractivity contribution in [3.05, 3.63) is 35.9 Å². The Morgan fingerprint density at radius 2 is 1.83 bits per heavy atom. The molecule has 18 heavy (non-hydrogen) atoms. The highest BCUT2D eigenvalue weighted by Crippen LogP contribution is 2.33. The summed E-state index contributed by atoms with van der Waals surface area (Å²) in [5, 5.41) is 0.